The standard InChI is InChI=1S/C17H21ClF3N7O/c1-10-25-14-13(4-3-6-28(14)27-10)26-16(22-2)23-5-7-29-15-12(18)8-11(9-24-15)17(19,20)21/h8-9,13H,3-7H2,1-2H3,(H2,22,23,26). The van der Waals surface area contributed by atoms with Crippen molar-refractivity contribution >= 4 is 17.6 Å². The van der Waals surface area contributed by atoms with Crippen molar-refractivity contribution < 1.29 is 17.9 Å². The molecule has 2 N–H and O–H groups in total. The average molecular weight is 432 g/mol. The van der Waals surface area contributed by atoms with Crippen LogP contribution in [0.3, 0.4) is 0 Å². The van der Waals surface area contributed by atoms with Gasteiger partial charge in [0.2, 0.25) is 5.88 Å². The highest BCUT2D eigenvalue weighted by molar-refractivity contribution is 6.31. The van der Waals surface area contributed by atoms with Gasteiger partial charge in [0.15, 0.2) is 5.96 Å². The van der Waals surface area contributed by atoms with Crippen molar-refractivity contribution in [2.45, 2.75) is 38.5 Å². The van der Waals surface area contributed by atoms with E-state index in [2.05, 4.69) is 30.7 Å². The third-order valence-electron chi connectivity index (χ3n) is 4.28. The molecule has 29 heavy (non-hydrogen) atoms. The van der Waals surface area contributed by atoms with Crippen molar-refractivity contribution in [3.05, 3.63) is 34.5 Å². The quantitative estimate of drug-likeness (QED) is 0.430. The minimum atomic E-state index is -4.50. The zero-order valence-corrected chi connectivity index (χ0v) is 16.7. The van der Waals surface area contributed by atoms with Crippen molar-refractivity contribution in [2.24, 2.45) is 4.99 Å². The molecule has 0 fully saturated rings. The molecule has 1 aliphatic rings. The van der Waals surface area contributed by atoms with Crippen LogP contribution >= 0.6 is 11.6 Å². The van der Waals surface area contributed by atoms with Gasteiger partial charge in [-0.25, -0.2) is 14.6 Å². The molecule has 0 saturated heterocycles. The normalized spacial score (nSPS) is 17.0. The second-order valence-corrected chi connectivity index (χ2v) is 6.84. The van der Waals surface area contributed by atoms with Gasteiger partial charge in [-0.2, -0.15) is 18.3 Å². The van der Waals surface area contributed by atoms with Gasteiger partial charge in [0.1, 0.15) is 23.3 Å². The van der Waals surface area contributed by atoms with E-state index in [1.165, 1.54) is 0 Å². The number of rotatable bonds is 5. The average Bonchev–Trinajstić information content (AvgIpc) is 3.05. The molecular formula is C17H21ClF3N7O. The summed E-state index contributed by atoms with van der Waals surface area (Å²) in [6, 6.07) is 0.780. The van der Waals surface area contributed by atoms with Crippen molar-refractivity contribution in [3.63, 3.8) is 0 Å². The minimum Gasteiger partial charge on any atom is -0.475 e. The molecule has 0 radical (unpaired) electrons. The highest BCUT2D eigenvalue weighted by Gasteiger charge is 2.31. The van der Waals surface area contributed by atoms with E-state index in [1.54, 1.807) is 7.05 Å². The molecule has 2 aromatic rings. The lowest BCUT2D eigenvalue weighted by Crippen LogP contribution is -2.42. The Bertz CT molecular complexity index is 884. The van der Waals surface area contributed by atoms with Crippen LogP contribution in [0.15, 0.2) is 17.3 Å². The molecule has 1 aliphatic heterocycles. The number of hydrogen-bond donors (Lipinski definition) is 2. The number of ether oxygens (including phenoxy) is 1. The van der Waals surface area contributed by atoms with Gasteiger partial charge in [0, 0.05) is 19.8 Å². The van der Waals surface area contributed by atoms with Crippen LogP contribution in [0, 0.1) is 6.92 Å². The first kappa shape index (κ1) is 21.2. The third-order valence-corrected chi connectivity index (χ3v) is 4.55. The monoisotopic (exact) mass is 431 g/mol. The highest BCUT2D eigenvalue weighted by Crippen LogP contribution is 2.33. The SMILES string of the molecule is CN=C(NCCOc1ncc(C(F)(F)F)cc1Cl)NC1CCCn2nc(C)nc21. The molecule has 1 unspecified atom stereocenters. The van der Waals surface area contributed by atoms with Gasteiger partial charge in [-0.1, -0.05) is 11.6 Å². The summed E-state index contributed by atoms with van der Waals surface area (Å²) in [5.74, 6) is 2.10. The Morgan fingerprint density at radius 3 is 2.93 bits per heavy atom. The Kier molecular flexibility index (Phi) is 6.46. The molecule has 0 saturated carbocycles. The van der Waals surface area contributed by atoms with E-state index in [0.717, 1.165) is 37.1 Å². The van der Waals surface area contributed by atoms with Crippen LogP contribution < -0.4 is 15.4 Å². The zero-order chi connectivity index (χ0) is 21.0. The summed E-state index contributed by atoms with van der Waals surface area (Å²) in [6.07, 6.45) is -1.93. The number of hydrogen-bond acceptors (Lipinski definition) is 5. The predicted molar refractivity (Wildman–Crippen MR) is 101 cm³/mol. The van der Waals surface area contributed by atoms with Crippen LogP contribution in [0.4, 0.5) is 13.2 Å². The fourth-order valence-electron chi connectivity index (χ4n) is 2.97. The summed E-state index contributed by atoms with van der Waals surface area (Å²) in [5, 5.41) is 10.6. The number of aromatic nitrogens is 4. The molecule has 0 bridgehead atoms. The third kappa shape index (κ3) is 5.28. The van der Waals surface area contributed by atoms with E-state index >= 15 is 0 Å². The lowest BCUT2D eigenvalue weighted by molar-refractivity contribution is -0.137. The number of halogens is 4. The highest BCUT2D eigenvalue weighted by atomic mass is 35.5. The largest absolute Gasteiger partial charge is 0.475 e. The molecule has 0 aromatic carbocycles. The summed E-state index contributed by atoms with van der Waals surface area (Å²) in [6.45, 7) is 3.18. The molecule has 1 atom stereocenters. The molecular weight excluding hydrogens is 411 g/mol. The molecule has 158 valence electrons. The Labute approximate surface area is 170 Å². The summed E-state index contributed by atoms with van der Waals surface area (Å²) in [5.41, 5.74) is -0.923. The second kappa shape index (κ2) is 8.85. The van der Waals surface area contributed by atoms with E-state index in [1.807, 2.05) is 11.6 Å². The van der Waals surface area contributed by atoms with Gasteiger partial charge in [-0.05, 0) is 25.8 Å². The van der Waals surface area contributed by atoms with Gasteiger partial charge in [0.05, 0.1) is 18.2 Å². The van der Waals surface area contributed by atoms with Crippen LogP contribution in [0.5, 0.6) is 5.88 Å². The summed E-state index contributed by atoms with van der Waals surface area (Å²) in [4.78, 5) is 12.3. The summed E-state index contributed by atoms with van der Waals surface area (Å²) < 4.78 is 45.2. The number of nitrogens with zero attached hydrogens (tertiary/aromatic N) is 5. The molecule has 0 aliphatic carbocycles. The number of alkyl halides is 3. The van der Waals surface area contributed by atoms with Crippen LogP contribution in [-0.2, 0) is 12.7 Å². The Hall–Kier alpha value is -2.56. The van der Waals surface area contributed by atoms with Crippen LogP contribution in [-0.4, -0.2) is 45.9 Å². The number of aryl methyl sites for hydroxylation is 2. The topological polar surface area (TPSA) is 89.3 Å². The molecule has 12 heteroatoms. The van der Waals surface area contributed by atoms with Gasteiger partial charge in [-0.15, -0.1) is 0 Å². The van der Waals surface area contributed by atoms with E-state index in [9.17, 15) is 13.2 Å². The van der Waals surface area contributed by atoms with Crippen LogP contribution in [0.25, 0.3) is 0 Å². The van der Waals surface area contributed by atoms with Gasteiger partial charge in [-0.3, -0.25) is 4.99 Å². The molecule has 0 amide bonds. The van der Waals surface area contributed by atoms with Gasteiger partial charge >= 0.3 is 6.18 Å². The maximum Gasteiger partial charge on any atom is 0.417 e. The Morgan fingerprint density at radius 2 is 2.24 bits per heavy atom. The van der Waals surface area contributed by atoms with Gasteiger partial charge < -0.3 is 15.4 Å². The predicted octanol–water partition coefficient (Wildman–Crippen LogP) is 2.73. The molecule has 8 nitrogen and oxygen atoms in total. The first-order chi connectivity index (χ1) is 13.8. The molecule has 3 heterocycles. The summed E-state index contributed by atoms with van der Waals surface area (Å²) in [7, 11) is 1.64. The fraction of sp³-hybridized carbons (Fsp3) is 0.529. The maximum atomic E-state index is 12.6. The minimum absolute atomic E-state index is 0.0110. The van der Waals surface area contributed by atoms with Crippen molar-refractivity contribution in [1.29, 1.82) is 0 Å². The smallest absolute Gasteiger partial charge is 0.417 e. The molecule has 0 spiro atoms. The number of nitrogens with one attached hydrogen (secondary N) is 2. The van der Waals surface area contributed by atoms with E-state index < -0.39 is 11.7 Å². The Morgan fingerprint density at radius 1 is 1.45 bits per heavy atom. The zero-order valence-electron chi connectivity index (χ0n) is 15.9. The number of guanidine groups is 1. The number of pyridine rings is 1. The number of aliphatic imine (C=N–C) groups is 1. The van der Waals surface area contributed by atoms with Gasteiger partial charge in [0.25, 0.3) is 0 Å². The van der Waals surface area contributed by atoms with Crippen molar-refractivity contribution in [1.82, 2.24) is 30.4 Å². The fourth-order valence-corrected chi connectivity index (χ4v) is 3.19. The Balaban J connectivity index is 1.50. The van der Waals surface area contributed by atoms with Crippen molar-refractivity contribution in [3.8, 4) is 5.88 Å². The summed E-state index contributed by atoms with van der Waals surface area (Å²) >= 11 is 5.82. The lowest BCUT2D eigenvalue weighted by atomic mass is 10.1. The van der Waals surface area contributed by atoms with Crippen LogP contribution in [0.2, 0.25) is 5.02 Å². The van der Waals surface area contributed by atoms with Crippen molar-refractivity contribution in [2.75, 3.05) is 20.2 Å². The van der Waals surface area contributed by atoms with E-state index in [-0.39, 0.29) is 23.6 Å². The van der Waals surface area contributed by atoms with E-state index in [4.69, 9.17) is 16.3 Å². The molecule has 2 aromatic heterocycles. The van der Waals surface area contributed by atoms with E-state index in [0.29, 0.717) is 18.7 Å². The first-order valence-electron chi connectivity index (χ1n) is 9.02. The number of fused-ring (bicyclic) bond motifs is 1. The molecule has 3 rings (SSSR count). The second-order valence-electron chi connectivity index (χ2n) is 6.44. The lowest BCUT2D eigenvalue weighted by Gasteiger charge is -2.25. The first-order valence-corrected chi connectivity index (χ1v) is 9.40. The van der Waals surface area contributed by atoms with Crippen LogP contribution in [0.1, 0.15) is 36.1 Å². The maximum absolute atomic E-state index is 12.6.